The van der Waals surface area contributed by atoms with Crippen LogP contribution in [0.15, 0.2) is 57.5 Å². The van der Waals surface area contributed by atoms with Gasteiger partial charge in [-0.3, -0.25) is 0 Å². The summed E-state index contributed by atoms with van der Waals surface area (Å²) in [4.78, 5) is 0. The normalized spacial score (nSPS) is 12.4. The number of halogens is 2. The molecule has 2 aromatic carbocycles. The molecule has 2 N–H and O–H groups in total. The van der Waals surface area contributed by atoms with Crippen molar-refractivity contribution in [2.24, 2.45) is 5.73 Å². The molecule has 0 saturated carbocycles. The van der Waals surface area contributed by atoms with E-state index in [4.69, 9.17) is 5.73 Å². The van der Waals surface area contributed by atoms with Crippen LogP contribution in [0, 0.1) is 0 Å². The van der Waals surface area contributed by atoms with E-state index in [1.165, 1.54) is 11.1 Å². The van der Waals surface area contributed by atoms with Gasteiger partial charge in [0.1, 0.15) is 0 Å². The van der Waals surface area contributed by atoms with E-state index in [1.54, 1.807) is 0 Å². The minimum absolute atomic E-state index is 0.342. The van der Waals surface area contributed by atoms with Gasteiger partial charge in [0.25, 0.3) is 0 Å². The van der Waals surface area contributed by atoms with Crippen LogP contribution in [-0.2, 0) is 6.42 Å². The highest BCUT2D eigenvalue weighted by Crippen LogP contribution is 2.27. The lowest BCUT2D eigenvalue weighted by molar-refractivity contribution is 0.691. The summed E-state index contributed by atoms with van der Waals surface area (Å²) in [6.45, 7) is 0.648. The van der Waals surface area contributed by atoms with Gasteiger partial charge in [-0.15, -0.1) is 0 Å². The molecule has 0 aromatic heterocycles. The van der Waals surface area contributed by atoms with Crippen LogP contribution in [0.4, 0.5) is 0 Å². The predicted octanol–water partition coefficient (Wildman–Crippen LogP) is 4.50. The molecule has 0 aliphatic carbocycles. The summed E-state index contributed by atoms with van der Waals surface area (Å²) in [5, 5.41) is 0. The topological polar surface area (TPSA) is 26.0 Å². The Bertz CT molecular complexity index is 525. The Kier molecular flexibility index (Phi) is 4.98. The van der Waals surface area contributed by atoms with Crippen molar-refractivity contribution < 1.29 is 0 Å². The van der Waals surface area contributed by atoms with E-state index in [9.17, 15) is 0 Å². The van der Waals surface area contributed by atoms with Crippen LogP contribution in [-0.4, -0.2) is 6.54 Å². The van der Waals surface area contributed by atoms with Crippen LogP contribution in [0.25, 0.3) is 0 Å². The molecule has 0 heterocycles. The Balaban J connectivity index is 2.23. The first-order chi connectivity index (χ1) is 8.70. The molecule has 0 bridgehead atoms. The quantitative estimate of drug-likeness (QED) is 0.844. The highest BCUT2D eigenvalue weighted by atomic mass is 79.9. The van der Waals surface area contributed by atoms with Crippen molar-refractivity contribution in [3.05, 3.63) is 68.6 Å². The Morgan fingerprint density at radius 3 is 2.44 bits per heavy atom. The third-order valence-corrected chi connectivity index (χ3v) is 4.22. The highest BCUT2D eigenvalue weighted by molar-refractivity contribution is 9.10. The average molecular weight is 369 g/mol. The first-order valence-corrected chi connectivity index (χ1v) is 7.48. The van der Waals surface area contributed by atoms with E-state index in [-0.39, 0.29) is 0 Å². The summed E-state index contributed by atoms with van der Waals surface area (Å²) in [5.74, 6) is 0.342. The fraction of sp³-hybridized carbons (Fsp3) is 0.200. The van der Waals surface area contributed by atoms with Crippen LogP contribution in [0.5, 0.6) is 0 Å². The van der Waals surface area contributed by atoms with Crippen molar-refractivity contribution in [1.82, 2.24) is 0 Å². The largest absolute Gasteiger partial charge is 0.330 e. The van der Waals surface area contributed by atoms with Gasteiger partial charge < -0.3 is 5.73 Å². The van der Waals surface area contributed by atoms with E-state index in [2.05, 4.69) is 68.3 Å². The fourth-order valence-electron chi connectivity index (χ4n) is 2.07. The molecular formula is C15H15Br2N. The summed E-state index contributed by atoms with van der Waals surface area (Å²) >= 11 is 7.10. The van der Waals surface area contributed by atoms with Crippen molar-refractivity contribution >= 4 is 31.9 Å². The minimum atomic E-state index is 0.342. The van der Waals surface area contributed by atoms with Gasteiger partial charge in [-0.25, -0.2) is 0 Å². The van der Waals surface area contributed by atoms with Gasteiger partial charge in [-0.1, -0.05) is 62.2 Å². The van der Waals surface area contributed by atoms with Gasteiger partial charge in [-0.2, -0.15) is 0 Å². The van der Waals surface area contributed by atoms with E-state index >= 15 is 0 Å². The van der Waals surface area contributed by atoms with Gasteiger partial charge in [0.2, 0.25) is 0 Å². The van der Waals surface area contributed by atoms with Crippen LogP contribution >= 0.6 is 31.9 Å². The summed E-state index contributed by atoms with van der Waals surface area (Å²) in [7, 11) is 0. The van der Waals surface area contributed by atoms with Crippen LogP contribution in [0.3, 0.4) is 0 Å². The number of benzene rings is 2. The van der Waals surface area contributed by atoms with E-state index in [1.807, 2.05) is 12.1 Å². The van der Waals surface area contributed by atoms with Crippen molar-refractivity contribution in [2.75, 3.05) is 6.54 Å². The smallest absolute Gasteiger partial charge is 0.0210 e. The summed E-state index contributed by atoms with van der Waals surface area (Å²) in [5.41, 5.74) is 8.51. The summed E-state index contributed by atoms with van der Waals surface area (Å²) < 4.78 is 2.25. The van der Waals surface area contributed by atoms with Crippen molar-refractivity contribution in [3.63, 3.8) is 0 Å². The first-order valence-electron chi connectivity index (χ1n) is 5.89. The molecule has 1 unspecified atom stereocenters. The predicted molar refractivity (Wildman–Crippen MR) is 83.8 cm³/mol. The molecule has 2 rings (SSSR count). The maximum absolute atomic E-state index is 5.93. The molecule has 94 valence electrons. The maximum Gasteiger partial charge on any atom is 0.0210 e. The monoisotopic (exact) mass is 367 g/mol. The molecule has 3 heteroatoms. The highest BCUT2D eigenvalue weighted by Gasteiger charge is 2.13. The van der Waals surface area contributed by atoms with Gasteiger partial charge >= 0.3 is 0 Å². The molecular weight excluding hydrogens is 354 g/mol. The second-order valence-electron chi connectivity index (χ2n) is 4.29. The average Bonchev–Trinajstić information content (AvgIpc) is 2.37. The molecule has 1 nitrogen and oxygen atoms in total. The van der Waals surface area contributed by atoms with Crippen molar-refractivity contribution in [3.8, 4) is 0 Å². The molecule has 0 spiro atoms. The zero-order valence-electron chi connectivity index (χ0n) is 9.94. The van der Waals surface area contributed by atoms with Crippen molar-refractivity contribution in [1.29, 1.82) is 0 Å². The third kappa shape index (κ3) is 3.44. The van der Waals surface area contributed by atoms with Gasteiger partial charge in [0.05, 0.1) is 0 Å². The Morgan fingerprint density at radius 2 is 1.78 bits per heavy atom. The zero-order valence-corrected chi connectivity index (χ0v) is 13.1. The number of rotatable bonds is 4. The van der Waals surface area contributed by atoms with Gasteiger partial charge in [0, 0.05) is 14.9 Å². The van der Waals surface area contributed by atoms with E-state index in [0.29, 0.717) is 12.5 Å². The Labute approximate surface area is 125 Å². The fourth-order valence-corrected chi connectivity index (χ4v) is 3.13. The lowest BCUT2D eigenvalue weighted by Gasteiger charge is -2.17. The lowest BCUT2D eigenvalue weighted by atomic mass is 9.92. The second kappa shape index (κ2) is 6.50. The van der Waals surface area contributed by atoms with Gasteiger partial charge in [-0.05, 0) is 42.3 Å². The Hall–Kier alpha value is -0.640. The molecule has 0 aliphatic heterocycles. The molecule has 0 aliphatic rings. The standard InChI is InChI=1S/C15H15Br2N/c16-13-5-3-4-11(9-13)8-12(10-18)14-6-1-2-7-15(14)17/h1-7,9,12H,8,10,18H2. The molecule has 0 radical (unpaired) electrons. The molecule has 2 aromatic rings. The molecule has 0 saturated heterocycles. The van der Waals surface area contributed by atoms with Gasteiger partial charge in [0.15, 0.2) is 0 Å². The Morgan fingerprint density at radius 1 is 1.00 bits per heavy atom. The maximum atomic E-state index is 5.93. The van der Waals surface area contributed by atoms with Crippen LogP contribution < -0.4 is 5.73 Å². The lowest BCUT2D eigenvalue weighted by Crippen LogP contribution is -2.15. The van der Waals surface area contributed by atoms with Crippen LogP contribution in [0.2, 0.25) is 0 Å². The third-order valence-electron chi connectivity index (χ3n) is 3.00. The second-order valence-corrected chi connectivity index (χ2v) is 6.06. The summed E-state index contributed by atoms with van der Waals surface area (Å²) in [6.07, 6.45) is 0.957. The molecule has 0 fully saturated rings. The van der Waals surface area contributed by atoms with Crippen LogP contribution in [0.1, 0.15) is 17.0 Å². The number of hydrogen-bond donors (Lipinski definition) is 1. The summed E-state index contributed by atoms with van der Waals surface area (Å²) in [6, 6.07) is 16.7. The van der Waals surface area contributed by atoms with E-state index in [0.717, 1.165) is 15.4 Å². The first kappa shape index (κ1) is 13.8. The number of hydrogen-bond acceptors (Lipinski definition) is 1. The number of nitrogens with two attached hydrogens (primary N) is 1. The minimum Gasteiger partial charge on any atom is -0.330 e. The van der Waals surface area contributed by atoms with Crippen molar-refractivity contribution in [2.45, 2.75) is 12.3 Å². The SMILES string of the molecule is NCC(Cc1cccc(Br)c1)c1ccccc1Br. The molecule has 1 atom stereocenters. The zero-order chi connectivity index (χ0) is 13.0. The molecule has 18 heavy (non-hydrogen) atoms. The van der Waals surface area contributed by atoms with E-state index < -0.39 is 0 Å². The molecule has 0 amide bonds.